The van der Waals surface area contributed by atoms with E-state index in [-0.39, 0.29) is 31.3 Å². The SMILES string of the molecule is O=C(CCC(=O)N1CCc2sccc2C1)OCCc1cc2cc(Br)ccc2o1. The number of thiophene rings is 1. The average molecular weight is 462 g/mol. The van der Waals surface area contributed by atoms with Crippen LogP contribution < -0.4 is 0 Å². The number of benzene rings is 1. The van der Waals surface area contributed by atoms with Crippen molar-refractivity contribution in [1.82, 2.24) is 4.90 Å². The van der Waals surface area contributed by atoms with Gasteiger partial charge in [-0.2, -0.15) is 0 Å². The number of nitrogens with zero attached hydrogens (tertiary/aromatic N) is 1. The fourth-order valence-electron chi connectivity index (χ4n) is 3.36. The maximum atomic E-state index is 12.4. The lowest BCUT2D eigenvalue weighted by atomic mass is 10.1. The van der Waals surface area contributed by atoms with Crippen LogP contribution in [0.5, 0.6) is 0 Å². The minimum absolute atomic E-state index is 0.0108. The van der Waals surface area contributed by atoms with E-state index in [4.69, 9.17) is 9.15 Å². The quantitative estimate of drug-likeness (QED) is 0.498. The first-order valence-electron chi connectivity index (χ1n) is 9.25. The van der Waals surface area contributed by atoms with Gasteiger partial charge in [-0.3, -0.25) is 9.59 Å². The van der Waals surface area contributed by atoms with Crippen molar-refractivity contribution < 1.29 is 18.7 Å². The third-order valence-corrected chi connectivity index (χ3v) is 6.36. The van der Waals surface area contributed by atoms with Crippen LogP contribution in [0.25, 0.3) is 11.0 Å². The Morgan fingerprint density at radius 2 is 2.11 bits per heavy atom. The van der Waals surface area contributed by atoms with E-state index in [9.17, 15) is 9.59 Å². The number of rotatable bonds is 6. The maximum Gasteiger partial charge on any atom is 0.306 e. The van der Waals surface area contributed by atoms with E-state index in [1.807, 2.05) is 29.2 Å². The molecule has 0 N–H and O–H groups in total. The van der Waals surface area contributed by atoms with Gasteiger partial charge in [0.15, 0.2) is 0 Å². The highest BCUT2D eigenvalue weighted by molar-refractivity contribution is 9.10. The summed E-state index contributed by atoms with van der Waals surface area (Å²) in [7, 11) is 0. The first-order chi connectivity index (χ1) is 13.6. The summed E-state index contributed by atoms with van der Waals surface area (Å²) in [6.07, 6.45) is 1.71. The molecule has 1 aliphatic heterocycles. The number of ether oxygens (including phenoxy) is 1. The predicted molar refractivity (Wildman–Crippen MR) is 111 cm³/mol. The Balaban J connectivity index is 1.20. The molecular weight excluding hydrogens is 442 g/mol. The number of carbonyl (C=O) groups is 2. The fraction of sp³-hybridized carbons (Fsp3) is 0.333. The summed E-state index contributed by atoms with van der Waals surface area (Å²) in [6.45, 7) is 1.62. The van der Waals surface area contributed by atoms with Gasteiger partial charge < -0.3 is 14.1 Å². The van der Waals surface area contributed by atoms with Crippen molar-refractivity contribution in [2.24, 2.45) is 0 Å². The van der Waals surface area contributed by atoms with Gasteiger partial charge in [-0.05, 0) is 47.7 Å². The normalized spacial score (nSPS) is 13.5. The van der Waals surface area contributed by atoms with E-state index in [0.29, 0.717) is 13.0 Å². The van der Waals surface area contributed by atoms with Crippen LogP contribution in [0.3, 0.4) is 0 Å². The molecule has 28 heavy (non-hydrogen) atoms. The number of hydrogen-bond donors (Lipinski definition) is 0. The zero-order valence-corrected chi connectivity index (χ0v) is 17.7. The van der Waals surface area contributed by atoms with Gasteiger partial charge >= 0.3 is 5.97 Å². The molecule has 0 atom stereocenters. The fourth-order valence-corrected chi connectivity index (χ4v) is 4.63. The number of fused-ring (bicyclic) bond motifs is 2. The van der Waals surface area contributed by atoms with Crippen molar-refractivity contribution in [2.45, 2.75) is 32.2 Å². The molecule has 7 heteroatoms. The Morgan fingerprint density at radius 1 is 1.21 bits per heavy atom. The van der Waals surface area contributed by atoms with Gasteiger partial charge in [-0.25, -0.2) is 0 Å². The smallest absolute Gasteiger partial charge is 0.306 e. The molecule has 1 aromatic carbocycles. The van der Waals surface area contributed by atoms with Gasteiger partial charge in [0.1, 0.15) is 11.3 Å². The summed E-state index contributed by atoms with van der Waals surface area (Å²) >= 11 is 5.18. The highest BCUT2D eigenvalue weighted by Crippen LogP contribution is 2.25. The van der Waals surface area contributed by atoms with Gasteiger partial charge in [0, 0.05) is 40.7 Å². The number of carbonyl (C=O) groups excluding carboxylic acids is 2. The van der Waals surface area contributed by atoms with Crippen LogP contribution in [0, 0.1) is 0 Å². The van der Waals surface area contributed by atoms with Crippen molar-refractivity contribution in [3.05, 3.63) is 56.4 Å². The Hall–Kier alpha value is -2.12. The molecule has 0 radical (unpaired) electrons. The standard InChI is InChI=1S/C21H20BrNO4S/c22-16-1-2-18-15(11-16)12-17(27-18)6-9-26-21(25)4-3-20(24)23-8-5-19-14(13-23)7-10-28-19/h1-2,7,10-12H,3-6,8-9,13H2. The van der Waals surface area contributed by atoms with Crippen molar-refractivity contribution in [3.8, 4) is 0 Å². The maximum absolute atomic E-state index is 12.4. The largest absolute Gasteiger partial charge is 0.465 e. The highest BCUT2D eigenvalue weighted by Gasteiger charge is 2.22. The minimum Gasteiger partial charge on any atom is -0.465 e. The lowest BCUT2D eigenvalue weighted by Gasteiger charge is -2.27. The molecule has 5 nitrogen and oxygen atoms in total. The van der Waals surface area contributed by atoms with Crippen LogP contribution in [0.1, 0.15) is 29.0 Å². The molecule has 0 aliphatic carbocycles. The van der Waals surface area contributed by atoms with E-state index in [2.05, 4.69) is 27.4 Å². The van der Waals surface area contributed by atoms with Crippen molar-refractivity contribution >= 4 is 50.1 Å². The predicted octanol–water partition coefficient (Wildman–Crippen LogP) is 4.71. The molecule has 0 bridgehead atoms. The molecule has 4 rings (SSSR count). The number of hydrogen-bond acceptors (Lipinski definition) is 5. The molecule has 2 aromatic heterocycles. The van der Waals surface area contributed by atoms with Crippen molar-refractivity contribution in [1.29, 1.82) is 0 Å². The van der Waals surface area contributed by atoms with Gasteiger partial charge in [0.2, 0.25) is 5.91 Å². The summed E-state index contributed by atoms with van der Waals surface area (Å²) in [5, 5.41) is 3.08. The molecule has 0 saturated heterocycles. The molecule has 0 spiro atoms. The second-order valence-electron chi connectivity index (χ2n) is 6.80. The third kappa shape index (κ3) is 4.47. The molecule has 3 aromatic rings. The molecule has 1 aliphatic rings. The van der Waals surface area contributed by atoms with Gasteiger partial charge in [-0.15, -0.1) is 11.3 Å². The van der Waals surface area contributed by atoms with Crippen LogP contribution >= 0.6 is 27.3 Å². The zero-order valence-electron chi connectivity index (χ0n) is 15.3. The van der Waals surface area contributed by atoms with E-state index < -0.39 is 0 Å². The minimum atomic E-state index is -0.347. The molecule has 146 valence electrons. The summed E-state index contributed by atoms with van der Waals surface area (Å²) in [5.41, 5.74) is 2.04. The van der Waals surface area contributed by atoms with Crippen molar-refractivity contribution in [2.75, 3.05) is 13.2 Å². The van der Waals surface area contributed by atoms with Gasteiger partial charge in [0.05, 0.1) is 13.0 Å². The Morgan fingerprint density at radius 3 is 3.00 bits per heavy atom. The molecule has 0 fully saturated rings. The summed E-state index contributed by atoms with van der Waals surface area (Å²) in [6, 6.07) is 9.84. The Labute approximate surface area is 175 Å². The lowest BCUT2D eigenvalue weighted by molar-refractivity contribution is -0.146. The third-order valence-electron chi connectivity index (χ3n) is 4.84. The Kier molecular flexibility index (Phi) is 5.82. The van der Waals surface area contributed by atoms with E-state index in [1.165, 1.54) is 10.4 Å². The average Bonchev–Trinajstić information content (AvgIpc) is 3.31. The van der Waals surface area contributed by atoms with Crippen LogP contribution in [0.4, 0.5) is 0 Å². The lowest BCUT2D eigenvalue weighted by Crippen LogP contribution is -2.35. The number of esters is 1. The van der Waals surface area contributed by atoms with Crippen LogP contribution in [0.15, 0.2) is 44.6 Å². The van der Waals surface area contributed by atoms with Crippen molar-refractivity contribution in [3.63, 3.8) is 0 Å². The summed E-state index contributed by atoms with van der Waals surface area (Å²) in [5.74, 6) is 0.439. The van der Waals surface area contributed by atoms with Gasteiger partial charge in [-0.1, -0.05) is 15.9 Å². The monoisotopic (exact) mass is 461 g/mol. The highest BCUT2D eigenvalue weighted by atomic mass is 79.9. The second kappa shape index (κ2) is 8.49. The summed E-state index contributed by atoms with van der Waals surface area (Å²) in [4.78, 5) is 27.5. The number of amides is 1. The van der Waals surface area contributed by atoms with E-state index in [1.54, 1.807) is 11.3 Å². The number of furan rings is 1. The topological polar surface area (TPSA) is 59.8 Å². The van der Waals surface area contributed by atoms with E-state index in [0.717, 1.165) is 34.2 Å². The first-order valence-corrected chi connectivity index (χ1v) is 10.9. The zero-order chi connectivity index (χ0) is 19.5. The second-order valence-corrected chi connectivity index (χ2v) is 8.72. The van der Waals surface area contributed by atoms with Crippen LogP contribution in [-0.4, -0.2) is 29.9 Å². The van der Waals surface area contributed by atoms with E-state index >= 15 is 0 Å². The first kappa shape index (κ1) is 19.2. The Bertz CT molecular complexity index is 1010. The molecular formula is C21H20BrNO4S. The molecule has 3 heterocycles. The molecule has 1 amide bonds. The van der Waals surface area contributed by atoms with Crippen LogP contribution in [-0.2, 0) is 33.7 Å². The van der Waals surface area contributed by atoms with Gasteiger partial charge in [0.25, 0.3) is 0 Å². The molecule has 0 unspecified atom stereocenters. The number of halogens is 1. The molecule has 0 saturated carbocycles. The van der Waals surface area contributed by atoms with Crippen LogP contribution in [0.2, 0.25) is 0 Å². The summed E-state index contributed by atoms with van der Waals surface area (Å²) < 4.78 is 12.0.